The second-order valence-electron chi connectivity index (χ2n) is 6.14. The number of guanidine groups is 1. The molecule has 2 aromatic rings. The van der Waals surface area contributed by atoms with Crippen molar-refractivity contribution in [1.29, 1.82) is 0 Å². The number of halogens is 1. The van der Waals surface area contributed by atoms with Gasteiger partial charge in [-0.15, -0.1) is 0 Å². The van der Waals surface area contributed by atoms with Gasteiger partial charge in [0.1, 0.15) is 12.4 Å². The second-order valence-corrected chi connectivity index (χ2v) is 6.55. The minimum atomic E-state index is 0.450. The van der Waals surface area contributed by atoms with Crippen molar-refractivity contribution in [3.8, 4) is 11.6 Å². The molecule has 2 N–H and O–H groups in total. The molecular formula is C21H29ClN4O3. The molecule has 2 rings (SSSR count). The van der Waals surface area contributed by atoms with Gasteiger partial charge in [-0.05, 0) is 37.1 Å². The Bertz CT molecular complexity index is 786. The zero-order chi connectivity index (χ0) is 20.9. The highest BCUT2D eigenvalue weighted by molar-refractivity contribution is 6.31. The fraction of sp³-hybridized carbons (Fsp3) is 0.429. The van der Waals surface area contributed by atoms with Crippen molar-refractivity contribution in [1.82, 2.24) is 15.6 Å². The minimum Gasteiger partial charge on any atom is -0.497 e. The van der Waals surface area contributed by atoms with E-state index in [2.05, 4.69) is 20.6 Å². The average molecular weight is 421 g/mol. The van der Waals surface area contributed by atoms with Crippen LogP contribution in [-0.2, 0) is 17.7 Å². The fourth-order valence-corrected chi connectivity index (χ4v) is 2.84. The zero-order valence-corrected chi connectivity index (χ0v) is 18.0. The van der Waals surface area contributed by atoms with Crippen molar-refractivity contribution in [2.45, 2.75) is 19.9 Å². The van der Waals surface area contributed by atoms with Gasteiger partial charge in [-0.1, -0.05) is 23.7 Å². The maximum atomic E-state index is 6.31. The maximum absolute atomic E-state index is 6.31. The number of aliphatic imine (C=N–C) groups is 1. The maximum Gasteiger partial charge on any atom is 0.218 e. The van der Waals surface area contributed by atoms with E-state index in [1.807, 2.05) is 37.3 Å². The third-order valence-electron chi connectivity index (χ3n) is 4.07. The van der Waals surface area contributed by atoms with E-state index in [9.17, 15) is 0 Å². The van der Waals surface area contributed by atoms with Crippen LogP contribution in [0.4, 0.5) is 0 Å². The summed E-state index contributed by atoms with van der Waals surface area (Å²) in [5, 5.41) is 7.28. The average Bonchev–Trinajstić information content (AvgIpc) is 2.74. The number of nitrogens with zero attached hydrogens (tertiary/aromatic N) is 2. The van der Waals surface area contributed by atoms with Crippen LogP contribution in [0.3, 0.4) is 0 Å². The number of benzene rings is 1. The summed E-state index contributed by atoms with van der Waals surface area (Å²) in [6.07, 6.45) is 2.48. The Kier molecular flexibility index (Phi) is 10.1. The summed E-state index contributed by atoms with van der Waals surface area (Å²) in [4.78, 5) is 8.93. The number of hydrogen-bond donors (Lipinski definition) is 2. The van der Waals surface area contributed by atoms with Gasteiger partial charge >= 0.3 is 0 Å². The Morgan fingerprint density at radius 2 is 2.00 bits per heavy atom. The van der Waals surface area contributed by atoms with Crippen molar-refractivity contribution in [2.75, 3.05) is 40.5 Å². The van der Waals surface area contributed by atoms with E-state index in [4.69, 9.17) is 25.8 Å². The van der Waals surface area contributed by atoms with E-state index in [-0.39, 0.29) is 0 Å². The van der Waals surface area contributed by atoms with Gasteiger partial charge in [0.15, 0.2) is 5.96 Å². The van der Waals surface area contributed by atoms with E-state index in [0.29, 0.717) is 37.2 Å². The number of aromatic nitrogens is 1. The number of methoxy groups -OCH3 is 2. The SMILES string of the molecule is CCNC(=NCc1cccnc1OCCOC)NCCc1ccc(OC)cc1Cl. The lowest BCUT2D eigenvalue weighted by atomic mass is 10.1. The Morgan fingerprint density at radius 1 is 1.14 bits per heavy atom. The molecule has 8 heteroatoms. The third kappa shape index (κ3) is 7.79. The Balaban J connectivity index is 1.94. The van der Waals surface area contributed by atoms with Gasteiger partial charge in [0, 0.05) is 37.0 Å². The normalized spacial score (nSPS) is 11.2. The van der Waals surface area contributed by atoms with Crippen LogP contribution in [0.25, 0.3) is 0 Å². The molecule has 1 aromatic carbocycles. The number of pyridine rings is 1. The summed E-state index contributed by atoms with van der Waals surface area (Å²) in [5.41, 5.74) is 1.97. The van der Waals surface area contributed by atoms with Crippen molar-refractivity contribution in [3.63, 3.8) is 0 Å². The fourth-order valence-electron chi connectivity index (χ4n) is 2.58. The molecule has 0 aliphatic heterocycles. The van der Waals surface area contributed by atoms with E-state index in [1.165, 1.54) is 0 Å². The van der Waals surface area contributed by atoms with E-state index in [1.54, 1.807) is 20.4 Å². The van der Waals surface area contributed by atoms with Crippen LogP contribution < -0.4 is 20.1 Å². The molecule has 0 amide bonds. The Morgan fingerprint density at radius 3 is 2.72 bits per heavy atom. The van der Waals surface area contributed by atoms with Crippen LogP contribution in [0.15, 0.2) is 41.5 Å². The molecule has 158 valence electrons. The molecule has 0 bridgehead atoms. The molecule has 0 aliphatic rings. The lowest BCUT2D eigenvalue weighted by Crippen LogP contribution is -2.38. The molecule has 0 unspecified atom stereocenters. The first-order valence-corrected chi connectivity index (χ1v) is 9.96. The van der Waals surface area contributed by atoms with E-state index < -0.39 is 0 Å². The monoisotopic (exact) mass is 420 g/mol. The first-order chi connectivity index (χ1) is 14.2. The van der Waals surface area contributed by atoms with Gasteiger partial charge in [0.05, 0.1) is 20.3 Å². The summed E-state index contributed by atoms with van der Waals surface area (Å²) in [6, 6.07) is 9.54. The molecular weight excluding hydrogens is 392 g/mol. The van der Waals surface area contributed by atoms with Gasteiger partial charge in [0.2, 0.25) is 5.88 Å². The summed E-state index contributed by atoms with van der Waals surface area (Å²) < 4.78 is 15.9. The van der Waals surface area contributed by atoms with Crippen LogP contribution in [-0.4, -0.2) is 51.5 Å². The highest BCUT2D eigenvalue weighted by Crippen LogP contribution is 2.22. The standard InChI is InChI=1S/C21H29ClN4O3/c1-4-23-21(25-11-9-16-7-8-18(28-3)14-19(16)22)26-15-17-6-5-10-24-20(17)29-13-12-27-2/h5-8,10,14H,4,9,11-13,15H2,1-3H3,(H2,23,25,26). The second kappa shape index (κ2) is 12.9. The molecule has 7 nitrogen and oxygen atoms in total. The van der Waals surface area contributed by atoms with Crippen LogP contribution in [0, 0.1) is 0 Å². The molecule has 0 radical (unpaired) electrons. The van der Waals surface area contributed by atoms with E-state index in [0.717, 1.165) is 35.8 Å². The van der Waals surface area contributed by atoms with Crippen LogP contribution in [0.5, 0.6) is 11.6 Å². The van der Waals surface area contributed by atoms with Crippen molar-refractivity contribution in [2.24, 2.45) is 4.99 Å². The smallest absolute Gasteiger partial charge is 0.218 e. The first-order valence-electron chi connectivity index (χ1n) is 9.58. The van der Waals surface area contributed by atoms with Gasteiger partial charge in [-0.3, -0.25) is 0 Å². The predicted molar refractivity (Wildman–Crippen MR) is 116 cm³/mol. The first kappa shape index (κ1) is 22.8. The van der Waals surface area contributed by atoms with E-state index >= 15 is 0 Å². The van der Waals surface area contributed by atoms with Crippen LogP contribution in [0.1, 0.15) is 18.1 Å². The van der Waals surface area contributed by atoms with Crippen molar-refractivity contribution < 1.29 is 14.2 Å². The summed E-state index contributed by atoms with van der Waals surface area (Å²) in [7, 11) is 3.27. The lowest BCUT2D eigenvalue weighted by molar-refractivity contribution is 0.143. The molecule has 1 aromatic heterocycles. The summed E-state index contributed by atoms with van der Waals surface area (Å²) in [5.74, 6) is 2.06. The number of ether oxygens (including phenoxy) is 3. The molecule has 0 fully saturated rings. The van der Waals surface area contributed by atoms with Crippen LogP contribution >= 0.6 is 11.6 Å². The van der Waals surface area contributed by atoms with Gasteiger partial charge < -0.3 is 24.8 Å². The lowest BCUT2D eigenvalue weighted by Gasteiger charge is -2.13. The predicted octanol–water partition coefficient (Wildman–Crippen LogP) is 3.07. The third-order valence-corrected chi connectivity index (χ3v) is 4.43. The quantitative estimate of drug-likeness (QED) is 0.330. The highest BCUT2D eigenvalue weighted by Gasteiger charge is 2.06. The molecule has 0 spiro atoms. The zero-order valence-electron chi connectivity index (χ0n) is 17.2. The topological polar surface area (TPSA) is 77.0 Å². The molecule has 0 saturated carbocycles. The minimum absolute atomic E-state index is 0.450. The number of rotatable bonds is 11. The van der Waals surface area contributed by atoms with Gasteiger partial charge in [-0.25, -0.2) is 9.98 Å². The molecule has 0 saturated heterocycles. The highest BCUT2D eigenvalue weighted by atomic mass is 35.5. The molecule has 29 heavy (non-hydrogen) atoms. The molecule has 1 heterocycles. The van der Waals surface area contributed by atoms with Gasteiger partial charge in [0.25, 0.3) is 0 Å². The Hall–Kier alpha value is -2.51. The number of hydrogen-bond acceptors (Lipinski definition) is 5. The molecule has 0 aliphatic carbocycles. The molecule has 0 atom stereocenters. The summed E-state index contributed by atoms with van der Waals surface area (Å²) in [6.45, 7) is 4.90. The summed E-state index contributed by atoms with van der Waals surface area (Å²) >= 11 is 6.31. The largest absolute Gasteiger partial charge is 0.497 e. The Labute approximate surface area is 177 Å². The number of nitrogens with one attached hydrogen (secondary N) is 2. The van der Waals surface area contributed by atoms with Crippen LogP contribution in [0.2, 0.25) is 5.02 Å². The van der Waals surface area contributed by atoms with Crippen molar-refractivity contribution >= 4 is 17.6 Å². The van der Waals surface area contributed by atoms with Crippen molar-refractivity contribution in [3.05, 3.63) is 52.7 Å². The van der Waals surface area contributed by atoms with Gasteiger partial charge in [-0.2, -0.15) is 0 Å².